The summed E-state index contributed by atoms with van der Waals surface area (Å²) in [6.45, 7) is 1.43. The molecular weight excluding hydrogens is 168 g/mol. The minimum Gasteiger partial charge on any atom is -0.381 e. The molecule has 0 aromatic carbocycles. The summed E-state index contributed by atoms with van der Waals surface area (Å²) in [5.74, 6) is 0.445. The molecule has 0 aliphatic heterocycles. The summed E-state index contributed by atoms with van der Waals surface area (Å²) in [5, 5.41) is 12.0. The van der Waals surface area contributed by atoms with E-state index in [9.17, 15) is 0 Å². The lowest BCUT2D eigenvalue weighted by Gasteiger charge is -1.99. The van der Waals surface area contributed by atoms with Crippen LogP contribution in [0.5, 0.6) is 0 Å². The van der Waals surface area contributed by atoms with Crippen LogP contribution in [0.25, 0.3) is 0 Å². The van der Waals surface area contributed by atoms with Gasteiger partial charge in [-0.2, -0.15) is 15.0 Å². The Morgan fingerprint density at radius 2 is 2.23 bits per heavy atom. The van der Waals surface area contributed by atoms with Gasteiger partial charge < -0.3 is 5.73 Å². The van der Waals surface area contributed by atoms with E-state index in [0.717, 1.165) is 6.54 Å². The molecule has 0 amide bonds. The van der Waals surface area contributed by atoms with Gasteiger partial charge in [0.25, 0.3) is 0 Å². The average Bonchev–Trinajstić information content (AvgIpc) is 2.71. The zero-order chi connectivity index (χ0) is 9.10. The zero-order valence-corrected chi connectivity index (χ0v) is 7.04. The molecule has 0 atom stereocenters. The standard InChI is InChI=1S/C7H10N6/c8-7-6-10-13(11-7)5-4-12-3-1-2-9-12/h1-3,6H,4-5H2,(H2,8,11). The molecule has 0 radical (unpaired) electrons. The Balaban J connectivity index is 1.93. The molecule has 13 heavy (non-hydrogen) atoms. The van der Waals surface area contributed by atoms with Gasteiger partial charge in [0.1, 0.15) is 0 Å². The van der Waals surface area contributed by atoms with Crippen LogP contribution in [0.15, 0.2) is 24.7 Å². The molecule has 0 spiro atoms. The molecule has 0 aliphatic rings. The highest BCUT2D eigenvalue weighted by Crippen LogP contribution is 1.92. The van der Waals surface area contributed by atoms with Gasteiger partial charge in [-0.3, -0.25) is 4.68 Å². The van der Waals surface area contributed by atoms with Crippen molar-refractivity contribution in [2.75, 3.05) is 5.73 Å². The Labute approximate surface area is 75.0 Å². The normalized spacial score (nSPS) is 10.5. The van der Waals surface area contributed by atoms with Crippen LogP contribution in [0.1, 0.15) is 0 Å². The first-order valence-corrected chi connectivity index (χ1v) is 3.97. The van der Waals surface area contributed by atoms with Crippen LogP contribution >= 0.6 is 0 Å². The Morgan fingerprint density at radius 3 is 2.85 bits per heavy atom. The van der Waals surface area contributed by atoms with E-state index in [1.54, 1.807) is 11.0 Å². The number of nitrogens with zero attached hydrogens (tertiary/aromatic N) is 5. The summed E-state index contributed by atoms with van der Waals surface area (Å²) in [6, 6.07) is 1.88. The summed E-state index contributed by atoms with van der Waals surface area (Å²) in [6.07, 6.45) is 5.17. The van der Waals surface area contributed by atoms with E-state index >= 15 is 0 Å². The van der Waals surface area contributed by atoms with E-state index in [1.165, 1.54) is 6.20 Å². The fourth-order valence-electron chi connectivity index (χ4n) is 1.04. The van der Waals surface area contributed by atoms with Crippen LogP contribution in [0.2, 0.25) is 0 Å². The number of nitrogens with two attached hydrogens (primary N) is 1. The summed E-state index contributed by atoms with van der Waals surface area (Å²) in [4.78, 5) is 1.55. The highest BCUT2D eigenvalue weighted by atomic mass is 15.5. The second-order valence-electron chi connectivity index (χ2n) is 2.63. The lowest BCUT2D eigenvalue weighted by atomic mass is 10.6. The van der Waals surface area contributed by atoms with Crippen LogP contribution in [0, 0.1) is 0 Å². The van der Waals surface area contributed by atoms with Crippen LogP contribution in [-0.2, 0) is 13.1 Å². The molecule has 2 aromatic rings. The van der Waals surface area contributed by atoms with Gasteiger partial charge in [-0.1, -0.05) is 0 Å². The number of rotatable bonds is 3. The number of hydrogen-bond acceptors (Lipinski definition) is 4. The molecule has 2 rings (SSSR count). The molecule has 0 bridgehead atoms. The Hall–Kier alpha value is -1.85. The van der Waals surface area contributed by atoms with Crippen molar-refractivity contribution in [1.82, 2.24) is 24.8 Å². The Kier molecular flexibility index (Phi) is 1.95. The highest BCUT2D eigenvalue weighted by molar-refractivity contribution is 5.19. The minimum absolute atomic E-state index is 0.445. The molecule has 0 saturated heterocycles. The van der Waals surface area contributed by atoms with E-state index in [2.05, 4.69) is 15.3 Å². The lowest BCUT2D eigenvalue weighted by Crippen LogP contribution is -2.10. The number of nitrogen functional groups attached to an aromatic ring is 1. The van der Waals surface area contributed by atoms with Gasteiger partial charge in [-0.15, -0.1) is 5.10 Å². The fraction of sp³-hybridized carbons (Fsp3) is 0.286. The summed E-state index contributed by atoms with van der Waals surface area (Å²) in [5.41, 5.74) is 5.41. The Bertz CT molecular complexity index is 362. The minimum atomic E-state index is 0.445. The first-order chi connectivity index (χ1) is 6.34. The molecule has 0 saturated carbocycles. The third-order valence-corrected chi connectivity index (χ3v) is 1.64. The third-order valence-electron chi connectivity index (χ3n) is 1.64. The molecule has 0 fully saturated rings. The second-order valence-corrected chi connectivity index (χ2v) is 2.63. The second kappa shape index (κ2) is 3.26. The number of aromatic nitrogens is 5. The quantitative estimate of drug-likeness (QED) is 0.703. The molecule has 0 unspecified atom stereocenters. The SMILES string of the molecule is Nc1cnn(CCn2cccn2)n1. The first kappa shape index (κ1) is 7.78. The fourth-order valence-corrected chi connectivity index (χ4v) is 1.04. The highest BCUT2D eigenvalue weighted by Gasteiger charge is 1.96. The van der Waals surface area contributed by atoms with Gasteiger partial charge >= 0.3 is 0 Å². The molecule has 6 nitrogen and oxygen atoms in total. The van der Waals surface area contributed by atoms with Crippen LogP contribution in [0.3, 0.4) is 0 Å². The molecule has 6 heteroatoms. The van der Waals surface area contributed by atoms with Crippen molar-refractivity contribution < 1.29 is 0 Å². The van der Waals surface area contributed by atoms with Gasteiger partial charge in [0, 0.05) is 12.4 Å². The summed E-state index contributed by atoms with van der Waals surface area (Å²) < 4.78 is 1.82. The molecule has 68 valence electrons. The molecular formula is C7H10N6. The number of anilines is 1. The Morgan fingerprint density at radius 1 is 1.31 bits per heavy atom. The lowest BCUT2D eigenvalue weighted by molar-refractivity contribution is 0.459. The molecule has 2 aromatic heterocycles. The van der Waals surface area contributed by atoms with E-state index in [1.807, 2.05) is 16.9 Å². The predicted molar refractivity (Wildman–Crippen MR) is 46.7 cm³/mol. The van der Waals surface area contributed by atoms with Gasteiger partial charge in [0.2, 0.25) is 0 Å². The maximum Gasteiger partial charge on any atom is 0.165 e. The van der Waals surface area contributed by atoms with E-state index in [-0.39, 0.29) is 0 Å². The van der Waals surface area contributed by atoms with Crippen molar-refractivity contribution in [2.45, 2.75) is 13.1 Å². The van der Waals surface area contributed by atoms with Gasteiger partial charge in [-0.05, 0) is 6.07 Å². The largest absolute Gasteiger partial charge is 0.381 e. The van der Waals surface area contributed by atoms with Gasteiger partial charge in [0.05, 0.1) is 19.3 Å². The maximum atomic E-state index is 5.41. The average molecular weight is 178 g/mol. The predicted octanol–water partition coefficient (Wildman–Crippen LogP) is -0.243. The topological polar surface area (TPSA) is 74.5 Å². The summed E-state index contributed by atoms with van der Waals surface area (Å²) in [7, 11) is 0. The van der Waals surface area contributed by atoms with Crippen molar-refractivity contribution in [2.24, 2.45) is 0 Å². The molecule has 0 aliphatic carbocycles. The van der Waals surface area contributed by atoms with Crippen molar-refractivity contribution in [3.05, 3.63) is 24.7 Å². The van der Waals surface area contributed by atoms with Crippen LogP contribution in [0.4, 0.5) is 5.82 Å². The summed E-state index contributed by atoms with van der Waals surface area (Å²) >= 11 is 0. The maximum absolute atomic E-state index is 5.41. The van der Waals surface area contributed by atoms with Crippen molar-refractivity contribution in [3.8, 4) is 0 Å². The van der Waals surface area contributed by atoms with Crippen molar-refractivity contribution in [3.63, 3.8) is 0 Å². The van der Waals surface area contributed by atoms with E-state index in [4.69, 9.17) is 5.73 Å². The molecule has 2 N–H and O–H groups in total. The van der Waals surface area contributed by atoms with Gasteiger partial charge in [-0.25, -0.2) is 0 Å². The van der Waals surface area contributed by atoms with Crippen molar-refractivity contribution in [1.29, 1.82) is 0 Å². The number of aryl methyl sites for hydroxylation is 2. The van der Waals surface area contributed by atoms with Gasteiger partial charge in [0.15, 0.2) is 5.82 Å². The van der Waals surface area contributed by atoms with Crippen molar-refractivity contribution >= 4 is 5.82 Å². The van der Waals surface area contributed by atoms with E-state index < -0.39 is 0 Å². The first-order valence-electron chi connectivity index (χ1n) is 3.97. The van der Waals surface area contributed by atoms with Crippen LogP contribution < -0.4 is 5.73 Å². The zero-order valence-electron chi connectivity index (χ0n) is 7.04. The number of hydrogen-bond donors (Lipinski definition) is 1. The van der Waals surface area contributed by atoms with E-state index in [0.29, 0.717) is 12.4 Å². The third kappa shape index (κ3) is 1.84. The smallest absolute Gasteiger partial charge is 0.165 e. The van der Waals surface area contributed by atoms with Crippen LogP contribution in [-0.4, -0.2) is 24.8 Å². The molecule has 2 heterocycles. The monoisotopic (exact) mass is 178 g/mol.